The molecule has 0 amide bonds. The van der Waals surface area contributed by atoms with Crippen molar-refractivity contribution in [1.29, 1.82) is 0 Å². The zero-order chi connectivity index (χ0) is 13.9. The minimum absolute atomic E-state index is 0.0972. The zero-order valence-electron chi connectivity index (χ0n) is 12.1. The van der Waals surface area contributed by atoms with Gasteiger partial charge < -0.3 is 15.7 Å². The first-order valence-corrected chi connectivity index (χ1v) is 7.35. The molecule has 1 aliphatic heterocycles. The highest BCUT2D eigenvalue weighted by molar-refractivity contribution is 5.55. The van der Waals surface area contributed by atoms with Crippen LogP contribution in [0.1, 0.15) is 51.1 Å². The molecule has 0 aromatic heterocycles. The predicted octanol–water partition coefficient (Wildman–Crippen LogP) is 2.84. The van der Waals surface area contributed by atoms with Gasteiger partial charge in [0.25, 0.3) is 0 Å². The number of aliphatic hydroxyl groups is 1. The van der Waals surface area contributed by atoms with Gasteiger partial charge in [-0.3, -0.25) is 0 Å². The van der Waals surface area contributed by atoms with Gasteiger partial charge in [0, 0.05) is 24.8 Å². The summed E-state index contributed by atoms with van der Waals surface area (Å²) < 4.78 is 0. The zero-order valence-corrected chi connectivity index (χ0v) is 12.1. The summed E-state index contributed by atoms with van der Waals surface area (Å²) in [5, 5.41) is 10.2. The second kappa shape index (κ2) is 5.93. The fourth-order valence-electron chi connectivity index (χ4n) is 2.81. The fraction of sp³-hybridized carbons (Fsp3) is 0.625. The van der Waals surface area contributed by atoms with Crippen molar-refractivity contribution < 1.29 is 5.11 Å². The molecular weight excluding hydrogens is 236 g/mol. The highest BCUT2D eigenvalue weighted by Crippen LogP contribution is 2.30. The van der Waals surface area contributed by atoms with Crippen molar-refractivity contribution in [3.8, 4) is 0 Å². The summed E-state index contributed by atoms with van der Waals surface area (Å²) in [5.74, 6) is 0. The van der Waals surface area contributed by atoms with Gasteiger partial charge in [0.15, 0.2) is 0 Å². The van der Waals surface area contributed by atoms with E-state index in [4.69, 9.17) is 5.73 Å². The lowest BCUT2D eigenvalue weighted by atomic mass is 9.98. The normalized spacial score (nSPS) is 26.0. The highest BCUT2D eigenvalue weighted by atomic mass is 16.3. The molecule has 0 radical (unpaired) electrons. The largest absolute Gasteiger partial charge is 0.390 e. The molecule has 3 heteroatoms. The highest BCUT2D eigenvalue weighted by Gasteiger charge is 2.26. The van der Waals surface area contributed by atoms with Gasteiger partial charge in [0.2, 0.25) is 0 Å². The summed E-state index contributed by atoms with van der Waals surface area (Å²) in [7, 11) is 0. The van der Waals surface area contributed by atoms with Crippen LogP contribution in [0.3, 0.4) is 0 Å². The van der Waals surface area contributed by atoms with E-state index < -0.39 is 5.60 Å². The summed E-state index contributed by atoms with van der Waals surface area (Å²) in [6, 6.07) is 8.52. The molecule has 3 nitrogen and oxygen atoms in total. The average Bonchev–Trinajstić information content (AvgIpc) is 2.59. The number of anilines is 1. The van der Waals surface area contributed by atoms with E-state index in [9.17, 15) is 5.11 Å². The Morgan fingerprint density at radius 3 is 2.79 bits per heavy atom. The van der Waals surface area contributed by atoms with Crippen molar-refractivity contribution in [3.05, 3.63) is 29.8 Å². The van der Waals surface area contributed by atoms with Crippen LogP contribution >= 0.6 is 0 Å². The maximum Gasteiger partial charge on any atom is 0.0637 e. The van der Waals surface area contributed by atoms with Crippen LogP contribution in [0.5, 0.6) is 0 Å². The lowest BCUT2D eigenvalue weighted by molar-refractivity contribution is 0.0481. The Labute approximate surface area is 116 Å². The van der Waals surface area contributed by atoms with Crippen molar-refractivity contribution in [2.45, 2.75) is 51.2 Å². The van der Waals surface area contributed by atoms with E-state index in [0.717, 1.165) is 38.8 Å². The van der Waals surface area contributed by atoms with Gasteiger partial charge in [-0.1, -0.05) is 25.1 Å². The summed E-state index contributed by atoms with van der Waals surface area (Å²) in [5.41, 5.74) is 8.17. The van der Waals surface area contributed by atoms with E-state index in [1.54, 1.807) is 0 Å². The molecule has 2 rings (SSSR count). The lowest BCUT2D eigenvalue weighted by Crippen LogP contribution is -2.29. The first-order valence-electron chi connectivity index (χ1n) is 7.35. The molecule has 1 aromatic carbocycles. The molecular formula is C16H26N2O. The molecule has 2 atom stereocenters. The van der Waals surface area contributed by atoms with E-state index in [-0.39, 0.29) is 6.04 Å². The van der Waals surface area contributed by atoms with Crippen LogP contribution < -0.4 is 10.6 Å². The third kappa shape index (κ3) is 3.48. The van der Waals surface area contributed by atoms with Gasteiger partial charge >= 0.3 is 0 Å². The molecule has 1 fully saturated rings. The number of hydrogen-bond acceptors (Lipinski definition) is 3. The van der Waals surface area contributed by atoms with E-state index in [1.165, 1.54) is 11.3 Å². The van der Waals surface area contributed by atoms with Gasteiger partial charge in [0.1, 0.15) is 0 Å². The van der Waals surface area contributed by atoms with Crippen molar-refractivity contribution in [1.82, 2.24) is 0 Å². The number of nitrogens with two attached hydrogens (primary N) is 1. The quantitative estimate of drug-likeness (QED) is 0.880. The summed E-state index contributed by atoms with van der Waals surface area (Å²) in [6.45, 7) is 5.97. The smallest absolute Gasteiger partial charge is 0.0637 e. The van der Waals surface area contributed by atoms with E-state index >= 15 is 0 Å². The fourth-order valence-corrected chi connectivity index (χ4v) is 2.81. The van der Waals surface area contributed by atoms with Crippen molar-refractivity contribution in [2.24, 2.45) is 5.73 Å². The minimum Gasteiger partial charge on any atom is -0.390 e. The van der Waals surface area contributed by atoms with Crippen LogP contribution in [0.15, 0.2) is 24.3 Å². The number of nitrogens with zero attached hydrogens (tertiary/aromatic N) is 1. The van der Waals surface area contributed by atoms with E-state index in [1.807, 2.05) is 6.92 Å². The third-order valence-corrected chi connectivity index (χ3v) is 4.18. The molecule has 106 valence electrons. The Balaban J connectivity index is 2.22. The molecule has 0 aliphatic carbocycles. The number of hydrogen-bond donors (Lipinski definition) is 2. The van der Waals surface area contributed by atoms with Gasteiger partial charge in [-0.2, -0.15) is 0 Å². The Morgan fingerprint density at radius 2 is 2.05 bits per heavy atom. The van der Waals surface area contributed by atoms with E-state index in [2.05, 4.69) is 36.1 Å². The average molecular weight is 262 g/mol. The predicted molar refractivity (Wildman–Crippen MR) is 80.3 cm³/mol. The van der Waals surface area contributed by atoms with Crippen LogP contribution in [0.2, 0.25) is 0 Å². The monoisotopic (exact) mass is 262 g/mol. The SMILES string of the molecule is CCC(N)c1ccccc1N1CCCC(C)(O)CC1. The minimum atomic E-state index is -0.517. The van der Waals surface area contributed by atoms with E-state index in [0.29, 0.717) is 0 Å². The van der Waals surface area contributed by atoms with Gasteiger partial charge in [-0.05, 0) is 44.2 Å². The molecule has 0 saturated carbocycles. The summed E-state index contributed by atoms with van der Waals surface area (Å²) in [6.07, 6.45) is 3.68. The van der Waals surface area contributed by atoms with Gasteiger partial charge in [0.05, 0.1) is 5.60 Å². The molecule has 1 aromatic rings. The number of benzene rings is 1. The first-order chi connectivity index (χ1) is 9.03. The van der Waals surface area contributed by atoms with Crippen LogP contribution in [0.4, 0.5) is 5.69 Å². The van der Waals surface area contributed by atoms with Crippen LogP contribution in [-0.2, 0) is 0 Å². The van der Waals surface area contributed by atoms with Crippen molar-refractivity contribution in [2.75, 3.05) is 18.0 Å². The second-order valence-corrected chi connectivity index (χ2v) is 5.91. The molecule has 2 unspecified atom stereocenters. The molecule has 0 bridgehead atoms. The van der Waals surface area contributed by atoms with Gasteiger partial charge in [-0.15, -0.1) is 0 Å². The van der Waals surface area contributed by atoms with Crippen molar-refractivity contribution >= 4 is 5.69 Å². The Bertz CT molecular complexity index is 417. The van der Waals surface area contributed by atoms with Crippen molar-refractivity contribution in [3.63, 3.8) is 0 Å². The molecule has 3 N–H and O–H groups in total. The Hall–Kier alpha value is -1.06. The second-order valence-electron chi connectivity index (χ2n) is 5.91. The number of para-hydroxylation sites is 1. The Morgan fingerprint density at radius 1 is 1.32 bits per heavy atom. The van der Waals surface area contributed by atoms with Gasteiger partial charge in [-0.25, -0.2) is 0 Å². The standard InChI is InChI=1S/C16H26N2O/c1-3-14(17)13-7-4-5-8-15(13)18-11-6-9-16(2,19)10-12-18/h4-5,7-8,14,19H,3,6,9-12,17H2,1-2H3. The third-order valence-electron chi connectivity index (χ3n) is 4.18. The molecule has 1 aliphatic rings. The van der Waals surface area contributed by atoms with Crippen LogP contribution in [0, 0.1) is 0 Å². The molecule has 1 heterocycles. The van der Waals surface area contributed by atoms with Crippen LogP contribution in [-0.4, -0.2) is 23.8 Å². The molecule has 19 heavy (non-hydrogen) atoms. The maximum atomic E-state index is 10.2. The summed E-state index contributed by atoms with van der Waals surface area (Å²) >= 11 is 0. The molecule has 1 saturated heterocycles. The number of rotatable bonds is 3. The lowest BCUT2D eigenvalue weighted by Gasteiger charge is -2.28. The maximum absolute atomic E-state index is 10.2. The molecule has 0 spiro atoms. The first kappa shape index (κ1) is 14.4. The van der Waals surface area contributed by atoms with Crippen LogP contribution in [0.25, 0.3) is 0 Å². The Kier molecular flexibility index (Phi) is 4.48. The topological polar surface area (TPSA) is 49.5 Å². The summed E-state index contributed by atoms with van der Waals surface area (Å²) in [4.78, 5) is 2.38.